The van der Waals surface area contributed by atoms with Gasteiger partial charge in [0.1, 0.15) is 0 Å². The fourth-order valence-corrected chi connectivity index (χ4v) is 1.07. The van der Waals surface area contributed by atoms with Gasteiger partial charge in [-0.1, -0.05) is 27.4 Å². The third-order valence-electron chi connectivity index (χ3n) is 3.41. The molecule has 7 nitrogen and oxygen atoms in total. The normalized spacial score (nSPS) is 12.3. The Hall–Kier alpha value is -0.890. The van der Waals surface area contributed by atoms with Crippen LogP contribution in [-0.4, -0.2) is 35.9 Å². The molecule has 0 saturated heterocycles. The first-order chi connectivity index (χ1) is 12.0. The van der Waals surface area contributed by atoms with Crippen molar-refractivity contribution in [3.63, 3.8) is 0 Å². The van der Waals surface area contributed by atoms with E-state index in [1.165, 1.54) is 6.08 Å². The van der Waals surface area contributed by atoms with Crippen LogP contribution >= 0.6 is 0 Å². The third-order valence-corrected chi connectivity index (χ3v) is 3.41. The number of amides is 2. The van der Waals surface area contributed by atoms with Gasteiger partial charge < -0.3 is 26.3 Å². The maximum Gasteiger partial charge on any atom is 1.00 e. The van der Waals surface area contributed by atoms with Crippen LogP contribution < -0.4 is 51.0 Å². The Balaban J connectivity index is -0.000000156. The molecule has 0 aromatic rings. The second kappa shape index (κ2) is 23.1. The number of aliphatic carboxylic acids is 1. The monoisotopic (exact) mass is 395 g/mol. The van der Waals surface area contributed by atoms with Crippen LogP contribution in [0.2, 0.25) is 0 Å². The Morgan fingerprint density at radius 1 is 0.963 bits per heavy atom. The topological polar surface area (TPSA) is 124 Å². The van der Waals surface area contributed by atoms with Crippen molar-refractivity contribution in [2.45, 2.75) is 91.8 Å². The zero-order chi connectivity index (χ0) is 21.1. The Labute approximate surface area is 187 Å². The van der Waals surface area contributed by atoms with E-state index in [9.17, 15) is 19.5 Å². The van der Waals surface area contributed by atoms with Gasteiger partial charge in [0.25, 0.3) is 0 Å². The molecule has 0 radical (unpaired) electrons. The van der Waals surface area contributed by atoms with Crippen LogP contribution in [0.1, 0.15) is 73.6 Å². The molecular weight excluding hydrogens is 357 g/mol. The number of rotatable bonds is 9. The van der Waals surface area contributed by atoms with E-state index in [1.807, 2.05) is 34.6 Å². The minimum absolute atomic E-state index is 0. The van der Waals surface area contributed by atoms with Gasteiger partial charge >= 0.3 is 29.6 Å². The van der Waals surface area contributed by atoms with Crippen LogP contribution in [-0.2, 0) is 14.4 Å². The Morgan fingerprint density at radius 2 is 1.37 bits per heavy atom. The van der Waals surface area contributed by atoms with Gasteiger partial charge in [-0.05, 0) is 52.5 Å². The smallest absolute Gasteiger partial charge is 0.550 e. The van der Waals surface area contributed by atoms with Gasteiger partial charge in [-0.25, -0.2) is 0 Å². The molecule has 27 heavy (non-hydrogen) atoms. The number of carbonyl (C=O) groups excluding carboxylic acids is 3. The zero-order valence-corrected chi connectivity index (χ0v) is 20.3. The molecule has 0 fully saturated rings. The molecule has 0 saturated carbocycles. The Morgan fingerprint density at radius 3 is 1.67 bits per heavy atom. The summed E-state index contributed by atoms with van der Waals surface area (Å²) >= 11 is 0. The molecule has 0 aromatic heterocycles. The number of carboxylic acid groups (broad SMARTS) is 1. The maximum atomic E-state index is 10.9. The summed E-state index contributed by atoms with van der Waals surface area (Å²) < 4.78 is 0. The van der Waals surface area contributed by atoms with E-state index in [1.54, 1.807) is 0 Å². The Kier molecular flexibility index (Phi) is 28.9. The summed E-state index contributed by atoms with van der Waals surface area (Å²) in [4.78, 5) is 31.4. The van der Waals surface area contributed by atoms with Gasteiger partial charge in [0, 0.05) is 30.5 Å². The van der Waals surface area contributed by atoms with Gasteiger partial charge in [0.2, 0.25) is 11.8 Å². The van der Waals surface area contributed by atoms with Crippen molar-refractivity contribution >= 4 is 17.8 Å². The average Bonchev–Trinajstić information content (AvgIpc) is 2.60. The summed E-state index contributed by atoms with van der Waals surface area (Å²) in [6, 6.07) is 0.754. The minimum atomic E-state index is -1.19. The molecule has 0 heterocycles. The largest absolute Gasteiger partial charge is 1.00 e. The number of nitrogens with one attached hydrogen (secondary N) is 2. The standard InChI is InChI=1S/C8H15NO3.C7H13NO.C4H11N.Na/c1-3-6(2)9-7(10)4-5-8(11)12;1-4-6(3)8-7(9)5-2;1-3-4(2)5;/h6H,3-5H2,1-2H3,(H,9,10)(H,11,12);5-6H,2,4H2,1,3H3,(H,8,9);4H,3,5H2,1-2H3;/q;;;+1/p-1. The van der Waals surface area contributed by atoms with Gasteiger partial charge in [0.05, 0.1) is 0 Å². The summed E-state index contributed by atoms with van der Waals surface area (Å²) in [7, 11) is 0. The Bertz CT molecular complexity index is 404. The van der Waals surface area contributed by atoms with E-state index in [2.05, 4.69) is 24.1 Å². The SMILES string of the molecule is C=CC(=O)NC(C)CC.CCC(C)N.CCC(C)NC(=O)CCC(=O)[O-].[Na+]. The number of carboxylic acids is 1. The van der Waals surface area contributed by atoms with E-state index in [-0.39, 0.29) is 66.3 Å². The molecule has 2 amide bonds. The van der Waals surface area contributed by atoms with Crippen molar-refractivity contribution in [1.82, 2.24) is 10.6 Å². The molecule has 0 bridgehead atoms. The number of hydrogen-bond acceptors (Lipinski definition) is 5. The van der Waals surface area contributed by atoms with Crippen molar-refractivity contribution in [2.75, 3.05) is 0 Å². The van der Waals surface area contributed by atoms with Crippen LogP contribution in [0.15, 0.2) is 12.7 Å². The summed E-state index contributed by atoms with van der Waals surface area (Å²) in [5, 5.41) is 15.3. The number of nitrogens with two attached hydrogens (primary N) is 1. The van der Waals surface area contributed by atoms with Crippen LogP contribution in [0.3, 0.4) is 0 Å². The number of hydrogen-bond donors (Lipinski definition) is 3. The molecular formula is C19H38N3NaO4. The molecule has 0 aliphatic rings. The first-order valence-electron chi connectivity index (χ1n) is 9.21. The van der Waals surface area contributed by atoms with Gasteiger partial charge in [-0.3, -0.25) is 9.59 Å². The van der Waals surface area contributed by atoms with Gasteiger partial charge in [-0.2, -0.15) is 0 Å². The molecule has 0 aliphatic carbocycles. The van der Waals surface area contributed by atoms with E-state index in [0.29, 0.717) is 6.04 Å². The first kappa shape index (κ1) is 33.7. The third kappa shape index (κ3) is 33.2. The predicted molar refractivity (Wildman–Crippen MR) is 104 cm³/mol. The van der Waals surface area contributed by atoms with E-state index in [0.717, 1.165) is 19.3 Å². The molecule has 0 rings (SSSR count). The van der Waals surface area contributed by atoms with Crippen LogP contribution in [0.25, 0.3) is 0 Å². The van der Waals surface area contributed by atoms with E-state index in [4.69, 9.17) is 5.73 Å². The predicted octanol–water partition coefficient (Wildman–Crippen LogP) is -1.73. The zero-order valence-electron chi connectivity index (χ0n) is 18.3. The molecule has 154 valence electrons. The molecule has 8 heteroatoms. The summed E-state index contributed by atoms with van der Waals surface area (Å²) in [5.41, 5.74) is 5.29. The summed E-state index contributed by atoms with van der Waals surface area (Å²) in [6.45, 7) is 15.2. The molecule has 0 aliphatic heterocycles. The summed E-state index contributed by atoms with van der Waals surface area (Å²) in [5.74, 6) is -1.51. The molecule has 3 atom stereocenters. The summed E-state index contributed by atoms with van der Waals surface area (Å²) in [6.07, 6.45) is 3.97. The second-order valence-electron chi connectivity index (χ2n) is 6.16. The maximum absolute atomic E-state index is 10.9. The van der Waals surface area contributed by atoms with Crippen LogP contribution in [0, 0.1) is 0 Å². The fourth-order valence-electron chi connectivity index (χ4n) is 1.07. The van der Waals surface area contributed by atoms with Crippen LogP contribution in [0.4, 0.5) is 0 Å². The van der Waals surface area contributed by atoms with Crippen molar-refractivity contribution < 1.29 is 49.0 Å². The van der Waals surface area contributed by atoms with Gasteiger partial charge in [0.15, 0.2) is 0 Å². The van der Waals surface area contributed by atoms with Crippen molar-refractivity contribution in [1.29, 1.82) is 0 Å². The quantitative estimate of drug-likeness (QED) is 0.316. The van der Waals surface area contributed by atoms with Gasteiger partial charge in [-0.15, -0.1) is 0 Å². The van der Waals surface area contributed by atoms with Crippen LogP contribution in [0.5, 0.6) is 0 Å². The molecule has 3 unspecified atom stereocenters. The van der Waals surface area contributed by atoms with E-state index < -0.39 is 5.97 Å². The van der Waals surface area contributed by atoms with Crippen molar-refractivity contribution in [2.24, 2.45) is 5.73 Å². The number of carbonyl (C=O) groups is 3. The van der Waals surface area contributed by atoms with Crippen molar-refractivity contribution in [3.8, 4) is 0 Å². The first-order valence-corrected chi connectivity index (χ1v) is 9.21. The minimum Gasteiger partial charge on any atom is -0.550 e. The average molecular weight is 396 g/mol. The fraction of sp³-hybridized carbons (Fsp3) is 0.737. The second-order valence-corrected chi connectivity index (χ2v) is 6.16. The van der Waals surface area contributed by atoms with E-state index >= 15 is 0 Å². The van der Waals surface area contributed by atoms with Crippen molar-refractivity contribution in [3.05, 3.63) is 12.7 Å². The molecule has 4 N–H and O–H groups in total. The molecule has 0 aromatic carbocycles. The molecule has 0 spiro atoms.